The Balaban J connectivity index is -0.000000303. The first kappa shape index (κ1) is 23.7. The molecule has 1 heteroatoms. The maximum atomic E-state index is 8.81. The molecule has 0 heterocycles. The smallest absolute Gasteiger partial charge is 0.116 e. The summed E-state index contributed by atoms with van der Waals surface area (Å²) in [6, 6.07) is 0. The van der Waals surface area contributed by atoms with Crippen LogP contribution in [0.25, 0.3) is 0 Å². The second-order valence-electron chi connectivity index (χ2n) is 5.91. The molecule has 1 nitrogen and oxygen atoms in total. The average Bonchev–Trinajstić information content (AvgIpc) is 2.33. The summed E-state index contributed by atoms with van der Waals surface area (Å²) in [5.41, 5.74) is 0. The highest BCUT2D eigenvalue weighted by Gasteiger charge is 2.05. The Morgan fingerprint density at radius 1 is 0.789 bits per heavy atom. The molecule has 0 aromatic heterocycles. The normalized spacial score (nSPS) is 9.53. The van der Waals surface area contributed by atoms with E-state index in [0.29, 0.717) is 0 Å². The molecule has 0 unspecified atom stereocenters. The summed E-state index contributed by atoms with van der Waals surface area (Å²) >= 11 is 0. The number of hydrogen-bond acceptors (Lipinski definition) is 1. The highest BCUT2D eigenvalue weighted by molar-refractivity contribution is 5.44. The first-order chi connectivity index (χ1) is 8.99. The Kier molecular flexibility index (Phi) is 28.5. The quantitative estimate of drug-likeness (QED) is 0.452. The summed E-state index contributed by atoms with van der Waals surface area (Å²) in [6.45, 7) is 14.8. The molecule has 19 heavy (non-hydrogen) atoms. The van der Waals surface area contributed by atoms with Gasteiger partial charge in [-0.25, -0.2) is 0 Å². The van der Waals surface area contributed by atoms with Crippen LogP contribution in [-0.4, -0.2) is 6.29 Å². The number of carbonyl (C=O) groups is 1. The molecule has 0 spiro atoms. The van der Waals surface area contributed by atoms with E-state index >= 15 is 0 Å². The van der Waals surface area contributed by atoms with Crippen LogP contribution in [0.1, 0.15) is 99.8 Å². The molecule has 0 rings (SSSR count). The minimum atomic E-state index is 0.750. The van der Waals surface area contributed by atoms with Gasteiger partial charge in [0.2, 0.25) is 0 Å². The first-order valence-corrected chi connectivity index (χ1v) is 8.39. The number of hydrogen-bond donors (Lipinski definition) is 0. The zero-order valence-corrected chi connectivity index (χ0v) is 14.8. The Hall–Kier alpha value is -0.330. The fourth-order valence-electron chi connectivity index (χ4n) is 1.83. The number of aldehydes is 1. The minimum Gasteiger partial charge on any atom is -0.304 e. The lowest BCUT2D eigenvalue weighted by molar-refractivity contribution is -0.106. The highest BCUT2D eigenvalue weighted by atomic mass is 16.1. The topological polar surface area (TPSA) is 17.1 Å². The van der Waals surface area contributed by atoms with Gasteiger partial charge in [-0.3, -0.25) is 0 Å². The Morgan fingerprint density at radius 3 is 1.32 bits per heavy atom. The average molecular weight is 273 g/mol. The van der Waals surface area contributed by atoms with E-state index in [1.807, 2.05) is 0 Å². The maximum absolute atomic E-state index is 8.81. The molecule has 0 atom stereocenters. The van der Waals surface area contributed by atoms with Crippen molar-refractivity contribution in [2.45, 2.75) is 99.8 Å². The minimum absolute atomic E-state index is 0.750. The van der Waals surface area contributed by atoms with Crippen LogP contribution in [0.4, 0.5) is 0 Å². The second-order valence-corrected chi connectivity index (χ2v) is 5.91. The predicted molar refractivity (Wildman–Crippen MR) is 89.7 cm³/mol. The van der Waals surface area contributed by atoms with Crippen LogP contribution in [0.3, 0.4) is 0 Å². The van der Waals surface area contributed by atoms with E-state index in [1.54, 1.807) is 0 Å². The van der Waals surface area contributed by atoms with Crippen molar-refractivity contribution in [1.82, 2.24) is 0 Å². The molecule has 0 radical (unpaired) electrons. The molecule has 0 N–H and O–H groups in total. The van der Waals surface area contributed by atoms with E-state index in [0.717, 1.165) is 18.1 Å². The summed E-state index contributed by atoms with van der Waals surface area (Å²) < 4.78 is 0. The molecular weight excluding hydrogens is 232 g/mol. The molecular formula is C18H40O. The Labute approximate surface area is 123 Å². The molecule has 0 aromatic carbocycles. The van der Waals surface area contributed by atoms with E-state index < -0.39 is 0 Å². The third kappa shape index (κ3) is 38.1. The molecule has 0 aliphatic heterocycles. The van der Waals surface area contributed by atoms with Gasteiger partial charge in [0.05, 0.1) is 0 Å². The lowest BCUT2D eigenvalue weighted by Gasteiger charge is -2.14. The van der Waals surface area contributed by atoms with Gasteiger partial charge in [-0.2, -0.15) is 0 Å². The number of rotatable bonds is 8. The van der Waals surface area contributed by atoms with Gasteiger partial charge < -0.3 is 4.79 Å². The van der Waals surface area contributed by atoms with Gasteiger partial charge in [0.25, 0.3) is 0 Å². The summed E-state index contributed by atoms with van der Waals surface area (Å²) in [4.78, 5) is 8.81. The van der Waals surface area contributed by atoms with Crippen LogP contribution in [-0.2, 0) is 4.79 Å². The largest absolute Gasteiger partial charge is 0.304 e. The number of unbranched alkanes of at least 4 members (excludes halogenated alkanes) is 2. The molecule has 118 valence electrons. The van der Waals surface area contributed by atoms with Gasteiger partial charge in [0, 0.05) is 0 Å². The third-order valence-corrected chi connectivity index (χ3v) is 2.63. The molecule has 0 saturated carbocycles. The molecule has 0 fully saturated rings. The van der Waals surface area contributed by atoms with E-state index in [9.17, 15) is 0 Å². The van der Waals surface area contributed by atoms with Crippen LogP contribution in [0.2, 0.25) is 0 Å². The van der Waals surface area contributed by atoms with Crippen LogP contribution in [0.5, 0.6) is 0 Å². The third-order valence-electron chi connectivity index (χ3n) is 2.63. The lowest BCUT2D eigenvalue weighted by Crippen LogP contribution is -1.99. The summed E-state index contributed by atoms with van der Waals surface area (Å²) in [5.74, 6) is 1.87. The van der Waals surface area contributed by atoms with Crippen LogP contribution in [0, 0.1) is 11.8 Å². The van der Waals surface area contributed by atoms with Gasteiger partial charge >= 0.3 is 0 Å². The van der Waals surface area contributed by atoms with Gasteiger partial charge in [-0.1, -0.05) is 92.9 Å². The van der Waals surface area contributed by atoms with E-state index in [1.165, 1.54) is 58.3 Å². The predicted octanol–water partition coefficient (Wildman–Crippen LogP) is 6.65. The van der Waals surface area contributed by atoms with Gasteiger partial charge in [0.1, 0.15) is 6.29 Å². The van der Waals surface area contributed by atoms with Gasteiger partial charge in [-0.15, -0.1) is 0 Å². The van der Waals surface area contributed by atoms with E-state index in [-0.39, 0.29) is 0 Å². The van der Waals surface area contributed by atoms with Crippen LogP contribution in [0.15, 0.2) is 0 Å². The van der Waals surface area contributed by atoms with Crippen molar-refractivity contribution in [3.05, 3.63) is 0 Å². The molecule has 0 aromatic rings. The van der Waals surface area contributed by atoms with Crippen molar-refractivity contribution in [2.24, 2.45) is 11.8 Å². The SMILES string of the molecule is CC(C)C.CC=O.CCCCC(CCC)CCCC. The van der Waals surface area contributed by atoms with Crippen molar-refractivity contribution in [2.75, 3.05) is 0 Å². The van der Waals surface area contributed by atoms with Crippen molar-refractivity contribution < 1.29 is 4.79 Å². The summed E-state index contributed by atoms with van der Waals surface area (Å²) in [6.07, 6.45) is 12.1. The van der Waals surface area contributed by atoms with Crippen LogP contribution < -0.4 is 0 Å². The fourth-order valence-corrected chi connectivity index (χ4v) is 1.83. The fraction of sp³-hybridized carbons (Fsp3) is 0.944. The van der Waals surface area contributed by atoms with Crippen molar-refractivity contribution in [1.29, 1.82) is 0 Å². The molecule has 0 saturated heterocycles. The van der Waals surface area contributed by atoms with E-state index in [4.69, 9.17) is 4.79 Å². The highest BCUT2D eigenvalue weighted by Crippen LogP contribution is 2.20. The maximum Gasteiger partial charge on any atom is 0.116 e. The zero-order chi connectivity index (χ0) is 15.5. The summed E-state index contributed by atoms with van der Waals surface area (Å²) in [5, 5.41) is 0. The molecule has 0 aliphatic carbocycles. The van der Waals surface area contributed by atoms with Gasteiger partial charge in [0.15, 0.2) is 0 Å². The molecule has 0 aliphatic rings. The second kappa shape index (κ2) is 22.8. The van der Waals surface area contributed by atoms with Crippen molar-refractivity contribution >= 4 is 6.29 Å². The van der Waals surface area contributed by atoms with Crippen LogP contribution >= 0.6 is 0 Å². The zero-order valence-electron chi connectivity index (χ0n) is 14.8. The van der Waals surface area contributed by atoms with Crippen molar-refractivity contribution in [3.63, 3.8) is 0 Å². The molecule has 0 amide bonds. The number of carbonyl (C=O) groups excluding carboxylic acids is 1. The van der Waals surface area contributed by atoms with E-state index in [2.05, 4.69) is 41.5 Å². The first-order valence-electron chi connectivity index (χ1n) is 8.39. The molecule has 0 bridgehead atoms. The lowest BCUT2D eigenvalue weighted by atomic mass is 9.92. The van der Waals surface area contributed by atoms with Gasteiger partial charge in [-0.05, 0) is 18.8 Å². The Morgan fingerprint density at radius 2 is 1.11 bits per heavy atom. The monoisotopic (exact) mass is 272 g/mol. The Bertz CT molecular complexity index is 130. The standard InChI is InChI=1S/C12H26.C4H10.C2H4O/c1-4-7-10-12(9-6-3)11-8-5-2;1-4(2)3;1-2-3/h12H,4-11H2,1-3H3;4H,1-3H3;2H,1H3. The van der Waals surface area contributed by atoms with Crippen molar-refractivity contribution in [3.8, 4) is 0 Å². The summed E-state index contributed by atoms with van der Waals surface area (Å²) in [7, 11) is 0.